The van der Waals surface area contributed by atoms with Crippen LogP contribution in [0.25, 0.3) is 10.8 Å². The molecular formula is C18H16N2O4S. The quantitative estimate of drug-likeness (QED) is 0.716. The Bertz CT molecular complexity index is 888. The van der Waals surface area contributed by atoms with Gasteiger partial charge in [-0.3, -0.25) is 4.79 Å². The number of nitrogens with zero attached hydrogens (tertiary/aromatic N) is 2. The van der Waals surface area contributed by atoms with Crippen LogP contribution in [0.15, 0.2) is 46.4 Å². The van der Waals surface area contributed by atoms with Crippen molar-refractivity contribution in [1.82, 2.24) is 9.88 Å². The minimum absolute atomic E-state index is 0.135. The minimum Gasteiger partial charge on any atom is -0.486 e. The zero-order valence-corrected chi connectivity index (χ0v) is 14.4. The van der Waals surface area contributed by atoms with Gasteiger partial charge in [0.25, 0.3) is 5.91 Å². The largest absolute Gasteiger partial charge is 0.486 e. The standard InChI is InChI=1S/C18H16N2O4S/c1-20(10-12-4-5-14-16(9-12)24-8-7-23-14)18(21)13-11-25-17(19-13)15-3-2-6-22-15/h2-6,9,11H,7-8,10H2,1H3. The van der Waals surface area contributed by atoms with Gasteiger partial charge in [0.15, 0.2) is 22.3 Å². The van der Waals surface area contributed by atoms with Gasteiger partial charge < -0.3 is 18.8 Å². The molecule has 6 nitrogen and oxygen atoms in total. The summed E-state index contributed by atoms with van der Waals surface area (Å²) in [6, 6.07) is 9.35. The molecule has 2 aromatic heterocycles. The summed E-state index contributed by atoms with van der Waals surface area (Å²) in [5.74, 6) is 1.99. The van der Waals surface area contributed by atoms with Crippen molar-refractivity contribution in [3.05, 3.63) is 53.2 Å². The number of benzene rings is 1. The fourth-order valence-corrected chi connectivity index (χ4v) is 3.37. The van der Waals surface area contributed by atoms with Crippen molar-refractivity contribution in [2.75, 3.05) is 20.3 Å². The molecule has 0 saturated carbocycles. The van der Waals surface area contributed by atoms with E-state index in [1.165, 1.54) is 11.3 Å². The van der Waals surface area contributed by atoms with Crippen molar-refractivity contribution < 1.29 is 18.7 Å². The molecule has 0 fully saturated rings. The van der Waals surface area contributed by atoms with Crippen molar-refractivity contribution in [2.24, 2.45) is 0 Å². The molecule has 0 atom stereocenters. The van der Waals surface area contributed by atoms with Crippen LogP contribution < -0.4 is 9.47 Å². The van der Waals surface area contributed by atoms with Gasteiger partial charge in [-0.1, -0.05) is 6.07 Å². The van der Waals surface area contributed by atoms with Crippen LogP contribution in [0.5, 0.6) is 11.5 Å². The number of hydrogen-bond acceptors (Lipinski definition) is 6. The number of fused-ring (bicyclic) bond motifs is 1. The summed E-state index contributed by atoms with van der Waals surface area (Å²) in [5, 5.41) is 2.45. The van der Waals surface area contributed by atoms with Crippen molar-refractivity contribution in [1.29, 1.82) is 0 Å². The molecule has 3 aromatic rings. The van der Waals surface area contributed by atoms with Crippen LogP contribution >= 0.6 is 11.3 Å². The van der Waals surface area contributed by atoms with Crippen LogP contribution in [0.3, 0.4) is 0 Å². The Morgan fingerprint density at radius 3 is 2.88 bits per heavy atom. The highest BCUT2D eigenvalue weighted by Gasteiger charge is 2.18. The number of ether oxygens (including phenoxy) is 2. The van der Waals surface area contributed by atoms with Crippen LogP contribution in [0.2, 0.25) is 0 Å². The first kappa shape index (κ1) is 15.7. The Morgan fingerprint density at radius 1 is 1.24 bits per heavy atom. The molecule has 3 heterocycles. The third kappa shape index (κ3) is 3.23. The van der Waals surface area contributed by atoms with E-state index >= 15 is 0 Å². The smallest absolute Gasteiger partial charge is 0.273 e. The maximum atomic E-state index is 12.6. The Hall–Kier alpha value is -2.80. The summed E-state index contributed by atoms with van der Waals surface area (Å²) >= 11 is 1.39. The zero-order chi connectivity index (χ0) is 17.2. The van der Waals surface area contributed by atoms with Gasteiger partial charge in [-0.05, 0) is 29.8 Å². The second-order valence-corrected chi connectivity index (χ2v) is 6.51. The number of carbonyl (C=O) groups is 1. The monoisotopic (exact) mass is 356 g/mol. The number of carbonyl (C=O) groups excluding carboxylic acids is 1. The van der Waals surface area contributed by atoms with E-state index in [2.05, 4.69) is 4.98 Å². The number of rotatable bonds is 4. The Labute approximate surface area is 148 Å². The van der Waals surface area contributed by atoms with Gasteiger partial charge in [0, 0.05) is 19.0 Å². The summed E-state index contributed by atoms with van der Waals surface area (Å²) in [5.41, 5.74) is 1.39. The van der Waals surface area contributed by atoms with Crippen molar-refractivity contribution in [2.45, 2.75) is 6.54 Å². The van der Waals surface area contributed by atoms with E-state index in [9.17, 15) is 4.79 Å². The maximum Gasteiger partial charge on any atom is 0.273 e. The van der Waals surface area contributed by atoms with Crippen molar-refractivity contribution in [3.63, 3.8) is 0 Å². The van der Waals surface area contributed by atoms with E-state index in [4.69, 9.17) is 13.9 Å². The molecule has 0 aliphatic carbocycles. The SMILES string of the molecule is CN(Cc1ccc2c(c1)OCCO2)C(=O)c1csc(-c2ccco2)n1. The van der Waals surface area contributed by atoms with Gasteiger partial charge in [0.05, 0.1) is 6.26 Å². The normalized spacial score (nSPS) is 12.8. The second kappa shape index (κ2) is 6.60. The molecule has 0 spiro atoms. The van der Waals surface area contributed by atoms with Crippen LogP contribution in [0.1, 0.15) is 16.1 Å². The summed E-state index contributed by atoms with van der Waals surface area (Å²) in [6.45, 7) is 1.56. The molecular weight excluding hydrogens is 340 g/mol. The summed E-state index contributed by atoms with van der Waals surface area (Å²) in [7, 11) is 1.76. The lowest BCUT2D eigenvalue weighted by atomic mass is 10.2. The summed E-state index contributed by atoms with van der Waals surface area (Å²) in [6.07, 6.45) is 1.59. The van der Waals surface area contributed by atoms with Crippen LogP contribution in [-0.4, -0.2) is 36.1 Å². The summed E-state index contributed by atoms with van der Waals surface area (Å²) < 4.78 is 16.4. The molecule has 1 aromatic carbocycles. The van der Waals surface area contributed by atoms with Gasteiger partial charge in [-0.25, -0.2) is 4.98 Å². The van der Waals surface area contributed by atoms with E-state index in [1.807, 2.05) is 24.3 Å². The van der Waals surface area contributed by atoms with Gasteiger partial charge in [0.2, 0.25) is 0 Å². The molecule has 1 aliphatic heterocycles. The first-order valence-electron chi connectivity index (χ1n) is 7.84. The Kier molecular flexibility index (Phi) is 4.15. The fourth-order valence-electron chi connectivity index (χ4n) is 2.61. The van der Waals surface area contributed by atoms with Gasteiger partial charge in [-0.15, -0.1) is 11.3 Å². The third-order valence-electron chi connectivity index (χ3n) is 3.83. The number of furan rings is 1. The van der Waals surface area contributed by atoms with Gasteiger partial charge in [-0.2, -0.15) is 0 Å². The predicted octanol–water partition coefficient (Wildman–Crippen LogP) is 3.45. The molecule has 1 aliphatic rings. The molecule has 4 rings (SSSR count). The lowest BCUT2D eigenvalue weighted by Gasteiger charge is -2.20. The molecule has 0 unspecified atom stereocenters. The molecule has 0 radical (unpaired) electrons. The molecule has 128 valence electrons. The lowest BCUT2D eigenvalue weighted by molar-refractivity contribution is 0.0780. The highest BCUT2D eigenvalue weighted by Crippen LogP contribution is 2.31. The maximum absolute atomic E-state index is 12.6. The fraction of sp³-hybridized carbons (Fsp3) is 0.222. The minimum atomic E-state index is -0.135. The third-order valence-corrected chi connectivity index (χ3v) is 4.69. The summed E-state index contributed by atoms with van der Waals surface area (Å²) in [4.78, 5) is 18.6. The number of hydrogen-bond donors (Lipinski definition) is 0. The van der Waals surface area contributed by atoms with Crippen LogP contribution in [0.4, 0.5) is 0 Å². The molecule has 25 heavy (non-hydrogen) atoms. The lowest BCUT2D eigenvalue weighted by Crippen LogP contribution is -2.26. The van der Waals surface area contributed by atoms with Crippen LogP contribution in [0, 0.1) is 0 Å². The van der Waals surface area contributed by atoms with E-state index in [1.54, 1.807) is 29.7 Å². The molecule has 7 heteroatoms. The topological polar surface area (TPSA) is 64.8 Å². The molecule has 0 bridgehead atoms. The second-order valence-electron chi connectivity index (χ2n) is 5.65. The highest BCUT2D eigenvalue weighted by atomic mass is 32.1. The number of aromatic nitrogens is 1. The van der Waals surface area contributed by atoms with Crippen molar-refractivity contribution in [3.8, 4) is 22.3 Å². The number of thiazole rings is 1. The van der Waals surface area contributed by atoms with Crippen LogP contribution in [-0.2, 0) is 6.54 Å². The first-order chi connectivity index (χ1) is 12.2. The molecule has 0 N–H and O–H groups in total. The molecule has 1 amide bonds. The van der Waals surface area contributed by atoms with Gasteiger partial charge in [0.1, 0.15) is 18.9 Å². The van der Waals surface area contributed by atoms with E-state index in [0.29, 0.717) is 36.2 Å². The van der Waals surface area contributed by atoms with E-state index in [-0.39, 0.29) is 5.91 Å². The van der Waals surface area contributed by atoms with E-state index < -0.39 is 0 Å². The molecule has 0 saturated heterocycles. The predicted molar refractivity (Wildman–Crippen MR) is 93.0 cm³/mol. The van der Waals surface area contributed by atoms with Gasteiger partial charge >= 0.3 is 0 Å². The highest BCUT2D eigenvalue weighted by molar-refractivity contribution is 7.13. The Balaban J connectivity index is 1.47. The number of amides is 1. The van der Waals surface area contributed by atoms with Crippen molar-refractivity contribution >= 4 is 17.2 Å². The average Bonchev–Trinajstić information content (AvgIpc) is 3.32. The first-order valence-corrected chi connectivity index (χ1v) is 8.72. The van der Waals surface area contributed by atoms with E-state index in [0.717, 1.165) is 17.1 Å². The Morgan fingerprint density at radius 2 is 2.08 bits per heavy atom. The zero-order valence-electron chi connectivity index (χ0n) is 13.6. The average molecular weight is 356 g/mol.